The van der Waals surface area contributed by atoms with Gasteiger partial charge >= 0.3 is 0 Å². The van der Waals surface area contributed by atoms with Crippen LogP contribution in [-0.4, -0.2) is 20.9 Å². The van der Waals surface area contributed by atoms with E-state index < -0.39 is 10.0 Å². The predicted octanol–water partition coefficient (Wildman–Crippen LogP) is 4.32. The minimum atomic E-state index is -3.90. The third kappa shape index (κ3) is 5.07. The van der Waals surface area contributed by atoms with Crippen LogP contribution in [0, 0.1) is 0 Å². The van der Waals surface area contributed by atoms with Crippen molar-refractivity contribution in [3.63, 3.8) is 0 Å². The van der Waals surface area contributed by atoms with Crippen LogP contribution in [0.15, 0.2) is 89.8 Å². The summed E-state index contributed by atoms with van der Waals surface area (Å²) < 4.78 is 27.8. The zero-order chi connectivity index (χ0) is 21.6. The number of rotatable bonds is 8. The summed E-state index contributed by atoms with van der Waals surface area (Å²) in [5, 5.41) is 2.90. The van der Waals surface area contributed by atoms with Crippen LogP contribution in [0.5, 0.6) is 0 Å². The van der Waals surface area contributed by atoms with Crippen molar-refractivity contribution in [3.8, 4) is 0 Å². The van der Waals surface area contributed by atoms with E-state index in [0.29, 0.717) is 5.69 Å². The molecule has 0 fully saturated rings. The number of carbonyl (C=O) groups excluding carboxylic acids is 1. The topological polar surface area (TPSA) is 66.5 Å². The zero-order valence-electron chi connectivity index (χ0n) is 17.2. The number of aryl methyl sites for hydroxylation is 1. The molecular weight excluding hydrogens is 396 g/mol. The van der Waals surface area contributed by atoms with E-state index in [1.165, 1.54) is 12.1 Å². The van der Waals surface area contributed by atoms with Gasteiger partial charge in [0.1, 0.15) is 6.54 Å². The minimum absolute atomic E-state index is 0.147. The average molecular weight is 423 g/mol. The quantitative estimate of drug-likeness (QED) is 0.588. The summed E-state index contributed by atoms with van der Waals surface area (Å²) in [5.41, 5.74) is 2.51. The molecule has 0 saturated heterocycles. The summed E-state index contributed by atoms with van der Waals surface area (Å²) in [4.78, 5) is 12.9. The van der Waals surface area contributed by atoms with Crippen molar-refractivity contribution in [2.45, 2.75) is 31.2 Å². The third-order valence-corrected chi connectivity index (χ3v) is 6.72. The fourth-order valence-electron chi connectivity index (χ4n) is 3.18. The van der Waals surface area contributed by atoms with Crippen LogP contribution in [0.4, 0.5) is 5.69 Å². The molecule has 3 aromatic carbocycles. The lowest BCUT2D eigenvalue weighted by molar-refractivity contribution is -0.120. The standard InChI is InChI=1S/C24H26N2O3S/c1-3-20-14-16-22(17-15-20)26(30(28,29)23-12-8-5-9-13-23)18-24(27)25-19(2)21-10-6-4-7-11-21/h4-17,19H,3,18H2,1-2H3,(H,25,27). The van der Waals surface area contributed by atoms with E-state index in [2.05, 4.69) is 5.32 Å². The molecule has 0 aromatic heterocycles. The van der Waals surface area contributed by atoms with Crippen molar-refractivity contribution in [1.82, 2.24) is 5.32 Å². The number of carbonyl (C=O) groups is 1. The molecule has 0 bridgehead atoms. The van der Waals surface area contributed by atoms with Crippen LogP contribution in [-0.2, 0) is 21.2 Å². The molecular formula is C24H26N2O3S. The number of amides is 1. The lowest BCUT2D eigenvalue weighted by Gasteiger charge is -2.25. The largest absolute Gasteiger partial charge is 0.348 e. The van der Waals surface area contributed by atoms with E-state index >= 15 is 0 Å². The van der Waals surface area contributed by atoms with Crippen molar-refractivity contribution in [2.75, 3.05) is 10.8 Å². The Morgan fingerprint density at radius 2 is 1.47 bits per heavy atom. The van der Waals surface area contributed by atoms with Crippen LogP contribution in [0.3, 0.4) is 0 Å². The molecule has 1 N–H and O–H groups in total. The summed E-state index contributed by atoms with van der Waals surface area (Å²) in [6.07, 6.45) is 0.848. The van der Waals surface area contributed by atoms with Gasteiger partial charge in [0.05, 0.1) is 16.6 Å². The molecule has 1 unspecified atom stereocenters. The first kappa shape index (κ1) is 21.6. The second kappa shape index (κ2) is 9.59. The summed E-state index contributed by atoms with van der Waals surface area (Å²) in [5.74, 6) is -0.370. The SMILES string of the molecule is CCc1ccc(N(CC(=O)NC(C)c2ccccc2)S(=O)(=O)c2ccccc2)cc1. The summed E-state index contributed by atoms with van der Waals surface area (Å²) in [7, 11) is -3.90. The number of hydrogen-bond donors (Lipinski definition) is 1. The van der Waals surface area contributed by atoms with E-state index in [9.17, 15) is 13.2 Å². The van der Waals surface area contributed by atoms with Gasteiger partial charge in [0.25, 0.3) is 10.0 Å². The Morgan fingerprint density at radius 1 is 0.900 bits per heavy atom. The van der Waals surface area contributed by atoms with E-state index in [1.807, 2.05) is 56.3 Å². The Balaban J connectivity index is 1.88. The first-order valence-electron chi connectivity index (χ1n) is 9.93. The Bertz CT molecular complexity index is 1070. The molecule has 6 heteroatoms. The number of nitrogens with one attached hydrogen (secondary N) is 1. The number of benzene rings is 3. The molecule has 30 heavy (non-hydrogen) atoms. The van der Waals surface area contributed by atoms with Crippen LogP contribution in [0.2, 0.25) is 0 Å². The normalized spacial score (nSPS) is 12.2. The number of anilines is 1. The van der Waals surface area contributed by atoms with Crippen molar-refractivity contribution < 1.29 is 13.2 Å². The van der Waals surface area contributed by atoms with Crippen molar-refractivity contribution >= 4 is 21.6 Å². The van der Waals surface area contributed by atoms with Crippen molar-refractivity contribution in [2.24, 2.45) is 0 Å². The first-order valence-corrected chi connectivity index (χ1v) is 11.4. The number of nitrogens with zero attached hydrogens (tertiary/aromatic N) is 1. The van der Waals surface area contributed by atoms with Gasteiger partial charge in [-0.15, -0.1) is 0 Å². The molecule has 0 spiro atoms. The Hall–Kier alpha value is -3.12. The lowest BCUT2D eigenvalue weighted by atomic mass is 10.1. The van der Waals surface area contributed by atoms with Gasteiger partial charge in [0.15, 0.2) is 0 Å². The van der Waals surface area contributed by atoms with E-state index in [1.54, 1.807) is 30.3 Å². The monoisotopic (exact) mass is 422 g/mol. The molecule has 0 heterocycles. The maximum absolute atomic E-state index is 13.3. The molecule has 1 amide bonds. The lowest BCUT2D eigenvalue weighted by Crippen LogP contribution is -2.41. The first-order chi connectivity index (χ1) is 14.4. The van der Waals surface area contributed by atoms with Crippen molar-refractivity contribution in [1.29, 1.82) is 0 Å². The van der Waals surface area contributed by atoms with Gasteiger partial charge in [-0.1, -0.05) is 67.6 Å². The van der Waals surface area contributed by atoms with E-state index in [4.69, 9.17) is 0 Å². The highest BCUT2D eigenvalue weighted by atomic mass is 32.2. The van der Waals surface area contributed by atoms with Gasteiger partial charge in [-0.05, 0) is 48.7 Å². The molecule has 3 aromatic rings. The predicted molar refractivity (Wildman–Crippen MR) is 120 cm³/mol. The zero-order valence-corrected chi connectivity index (χ0v) is 18.0. The molecule has 0 aliphatic carbocycles. The molecule has 0 aliphatic heterocycles. The summed E-state index contributed by atoms with van der Waals surface area (Å²) in [6.45, 7) is 3.60. The van der Waals surface area contributed by atoms with Gasteiger partial charge in [-0.25, -0.2) is 8.42 Å². The molecule has 1 atom stereocenters. The van der Waals surface area contributed by atoms with Gasteiger partial charge in [-0.3, -0.25) is 9.10 Å². The molecule has 3 rings (SSSR count). The van der Waals surface area contributed by atoms with E-state index in [-0.39, 0.29) is 23.4 Å². The highest BCUT2D eigenvalue weighted by Crippen LogP contribution is 2.24. The number of sulfonamides is 1. The average Bonchev–Trinajstić information content (AvgIpc) is 2.78. The maximum atomic E-state index is 13.3. The van der Waals surface area contributed by atoms with Crippen molar-refractivity contribution in [3.05, 3.63) is 96.1 Å². The summed E-state index contributed by atoms with van der Waals surface area (Å²) >= 11 is 0. The molecule has 0 radical (unpaired) electrons. The summed E-state index contributed by atoms with van der Waals surface area (Å²) in [6, 6.07) is 24.7. The van der Waals surface area contributed by atoms with Crippen LogP contribution < -0.4 is 9.62 Å². The van der Waals surface area contributed by atoms with Gasteiger partial charge < -0.3 is 5.32 Å². The van der Waals surface area contributed by atoms with Crippen LogP contribution in [0.25, 0.3) is 0 Å². The molecule has 0 aliphatic rings. The smallest absolute Gasteiger partial charge is 0.264 e. The van der Waals surface area contributed by atoms with E-state index in [0.717, 1.165) is 21.9 Å². The molecule has 5 nitrogen and oxygen atoms in total. The van der Waals surface area contributed by atoms with Gasteiger partial charge in [0, 0.05) is 0 Å². The molecule has 156 valence electrons. The fourth-order valence-corrected chi connectivity index (χ4v) is 4.62. The molecule has 0 saturated carbocycles. The second-order valence-electron chi connectivity index (χ2n) is 7.04. The maximum Gasteiger partial charge on any atom is 0.264 e. The highest BCUT2D eigenvalue weighted by molar-refractivity contribution is 7.92. The van der Waals surface area contributed by atoms with Gasteiger partial charge in [-0.2, -0.15) is 0 Å². The van der Waals surface area contributed by atoms with Crippen LogP contribution in [0.1, 0.15) is 31.0 Å². The Kier molecular flexibility index (Phi) is 6.90. The fraction of sp³-hybridized carbons (Fsp3) is 0.208. The Labute approximate surface area is 178 Å². The minimum Gasteiger partial charge on any atom is -0.348 e. The van der Waals surface area contributed by atoms with Gasteiger partial charge in [0.2, 0.25) is 5.91 Å². The second-order valence-corrected chi connectivity index (χ2v) is 8.91. The number of hydrogen-bond acceptors (Lipinski definition) is 3. The third-order valence-electron chi connectivity index (χ3n) is 4.93. The Morgan fingerprint density at radius 3 is 2.03 bits per heavy atom. The highest BCUT2D eigenvalue weighted by Gasteiger charge is 2.27. The van der Waals surface area contributed by atoms with Crippen LogP contribution >= 0.6 is 0 Å².